The fourth-order valence-electron chi connectivity index (χ4n) is 4.16. The van der Waals surface area contributed by atoms with Crippen LogP contribution in [0.4, 0.5) is 5.69 Å². The Hall–Kier alpha value is -3.94. The highest BCUT2D eigenvalue weighted by Gasteiger charge is 2.29. The molecule has 4 aromatic rings. The van der Waals surface area contributed by atoms with Crippen molar-refractivity contribution in [2.75, 3.05) is 18.6 Å². The Morgan fingerprint density at radius 2 is 1.88 bits per heavy atom. The number of anilines is 1. The molecule has 0 saturated carbocycles. The number of likely N-dealkylation sites (N-methyl/N-ethyl adjacent to an activating group) is 1. The highest BCUT2D eigenvalue weighted by Crippen LogP contribution is 2.30. The molecule has 8 nitrogen and oxygen atoms in total. The number of carbonyl (C=O) groups excluding carboxylic acids is 1. The number of ether oxygens (including phenoxy) is 1. The van der Waals surface area contributed by atoms with Crippen LogP contribution in [-0.4, -0.2) is 34.5 Å². The SMILES string of the molecule is CC[C@@H](C(=O)N(CC)c1cccc(C)c1)n1nc(-c2ccc(OC)cc2)c2c(C)onc2c1=O. The predicted octanol–water partition coefficient (Wildman–Crippen LogP) is 4.68. The van der Waals surface area contributed by atoms with E-state index in [2.05, 4.69) is 5.16 Å². The molecule has 2 aromatic heterocycles. The standard InChI is InChI=1S/C26H28N4O4/c1-6-21(25(31)29(7-2)19-10-8-9-16(3)15-19)30-26(32)24-22(17(4)34-28-24)23(27-30)18-11-13-20(33-5)14-12-18/h8-15,21H,6-7H2,1-5H3/t21-/m0/s1. The van der Waals surface area contributed by atoms with Crippen LogP contribution in [0, 0.1) is 13.8 Å². The molecule has 0 aliphatic carbocycles. The fraction of sp³-hybridized carbons (Fsp3) is 0.308. The Morgan fingerprint density at radius 1 is 1.15 bits per heavy atom. The Morgan fingerprint density at radius 3 is 2.50 bits per heavy atom. The van der Waals surface area contributed by atoms with Crippen molar-refractivity contribution in [1.82, 2.24) is 14.9 Å². The molecule has 34 heavy (non-hydrogen) atoms. The zero-order chi connectivity index (χ0) is 24.4. The summed E-state index contributed by atoms with van der Waals surface area (Å²) in [5.74, 6) is 0.992. The van der Waals surface area contributed by atoms with Crippen LogP contribution in [0.25, 0.3) is 22.2 Å². The third-order valence-corrected chi connectivity index (χ3v) is 5.94. The summed E-state index contributed by atoms with van der Waals surface area (Å²) >= 11 is 0. The molecule has 2 heterocycles. The molecule has 0 saturated heterocycles. The number of methoxy groups -OCH3 is 1. The number of benzene rings is 2. The molecule has 0 unspecified atom stereocenters. The number of rotatable bonds is 7. The van der Waals surface area contributed by atoms with Crippen molar-refractivity contribution in [3.8, 4) is 17.0 Å². The van der Waals surface area contributed by atoms with Crippen LogP contribution in [0.2, 0.25) is 0 Å². The summed E-state index contributed by atoms with van der Waals surface area (Å²) < 4.78 is 11.9. The van der Waals surface area contributed by atoms with E-state index in [1.807, 2.05) is 69.3 Å². The van der Waals surface area contributed by atoms with E-state index in [0.717, 1.165) is 16.8 Å². The van der Waals surface area contributed by atoms with Crippen molar-refractivity contribution in [3.63, 3.8) is 0 Å². The Bertz CT molecular complexity index is 1390. The summed E-state index contributed by atoms with van der Waals surface area (Å²) in [5, 5.41) is 9.25. The summed E-state index contributed by atoms with van der Waals surface area (Å²) in [5.41, 5.74) is 2.83. The zero-order valence-corrected chi connectivity index (χ0v) is 20.0. The van der Waals surface area contributed by atoms with Crippen molar-refractivity contribution in [2.24, 2.45) is 0 Å². The smallest absolute Gasteiger partial charge is 0.297 e. The van der Waals surface area contributed by atoms with Crippen LogP contribution >= 0.6 is 0 Å². The van der Waals surface area contributed by atoms with E-state index in [-0.39, 0.29) is 11.4 Å². The minimum Gasteiger partial charge on any atom is -0.497 e. The van der Waals surface area contributed by atoms with Gasteiger partial charge in [0.15, 0.2) is 5.52 Å². The molecular formula is C26H28N4O4. The molecule has 0 bridgehead atoms. The van der Waals surface area contributed by atoms with Gasteiger partial charge in [0.05, 0.1) is 12.5 Å². The number of aryl methyl sites for hydroxylation is 2. The molecule has 8 heteroatoms. The van der Waals surface area contributed by atoms with Crippen LogP contribution in [0.1, 0.15) is 37.6 Å². The fourth-order valence-corrected chi connectivity index (χ4v) is 4.16. The number of carbonyl (C=O) groups is 1. The summed E-state index contributed by atoms with van der Waals surface area (Å²) in [6.07, 6.45) is 0.387. The first-order valence-electron chi connectivity index (χ1n) is 11.3. The average molecular weight is 461 g/mol. The molecule has 176 valence electrons. The van der Waals surface area contributed by atoms with E-state index >= 15 is 0 Å². The molecular weight excluding hydrogens is 432 g/mol. The van der Waals surface area contributed by atoms with E-state index in [9.17, 15) is 9.59 Å². The lowest BCUT2D eigenvalue weighted by molar-refractivity contribution is -0.122. The lowest BCUT2D eigenvalue weighted by Gasteiger charge is -2.27. The second kappa shape index (κ2) is 9.51. The highest BCUT2D eigenvalue weighted by atomic mass is 16.5. The van der Waals surface area contributed by atoms with E-state index in [4.69, 9.17) is 14.4 Å². The molecule has 1 amide bonds. The van der Waals surface area contributed by atoms with Crippen LogP contribution in [0.3, 0.4) is 0 Å². The van der Waals surface area contributed by atoms with Gasteiger partial charge in [-0.3, -0.25) is 9.59 Å². The van der Waals surface area contributed by atoms with Crippen LogP contribution in [-0.2, 0) is 4.79 Å². The first-order chi connectivity index (χ1) is 16.4. The van der Waals surface area contributed by atoms with Gasteiger partial charge < -0.3 is 14.2 Å². The molecule has 2 aromatic carbocycles. The van der Waals surface area contributed by atoms with Crippen molar-refractivity contribution >= 4 is 22.5 Å². The second-order valence-electron chi connectivity index (χ2n) is 8.13. The normalized spacial score (nSPS) is 12.0. The molecule has 0 N–H and O–H groups in total. The van der Waals surface area contributed by atoms with Crippen molar-refractivity contribution in [2.45, 2.75) is 40.2 Å². The van der Waals surface area contributed by atoms with Gasteiger partial charge in [-0.1, -0.05) is 24.2 Å². The van der Waals surface area contributed by atoms with E-state index < -0.39 is 11.6 Å². The minimum atomic E-state index is -0.800. The molecule has 4 rings (SSSR count). The van der Waals surface area contributed by atoms with Crippen molar-refractivity contribution in [1.29, 1.82) is 0 Å². The number of nitrogens with zero attached hydrogens (tertiary/aromatic N) is 4. The topological polar surface area (TPSA) is 90.5 Å². The quantitative estimate of drug-likeness (QED) is 0.398. The lowest BCUT2D eigenvalue weighted by atomic mass is 10.1. The second-order valence-corrected chi connectivity index (χ2v) is 8.13. The van der Waals surface area contributed by atoms with Gasteiger partial charge >= 0.3 is 0 Å². The maximum Gasteiger partial charge on any atom is 0.297 e. The highest BCUT2D eigenvalue weighted by molar-refractivity contribution is 5.97. The summed E-state index contributed by atoms with van der Waals surface area (Å²) in [6.45, 7) is 7.96. The summed E-state index contributed by atoms with van der Waals surface area (Å²) in [6, 6.07) is 14.3. The van der Waals surface area contributed by atoms with E-state index in [1.165, 1.54) is 4.68 Å². The maximum atomic E-state index is 13.7. The number of aromatic nitrogens is 3. The van der Waals surface area contributed by atoms with E-state index in [1.54, 1.807) is 18.9 Å². The van der Waals surface area contributed by atoms with Gasteiger partial charge in [0.1, 0.15) is 23.2 Å². The van der Waals surface area contributed by atoms with Crippen molar-refractivity contribution < 1.29 is 14.1 Å². The number of hydrogen-bond acceptors (Lipinski definition) is 6. The third kappa shape index (κ3) is 4.07. The number of fused-ring (bicyclic) bond motifs is 1. The van der Waals surface area contributed by atoms with Gasteiger partial charge in [-0.2, -0.15) is 5.10 Å². The summed E-state index contributed by atoms with van der Waals surface area (Å²) in [7, 11) is 1.60. The van der Waals surface area contributed by atoms with Crippen molar-refractivity contribution in [3.05, 3.63) is 70.2 Å². The molecule has 0 spiro atoms. The third-order valence-electron chi connectivity index (χ3n) is 5.94. The Balaban J connectivity index is 1.87. The largest absolute Gasteiger partial charge is 0.497 e. The van der Waals surface area contributed by atoms with E-state index in [0.29, 0.717) is 35.6 Å². The molecule has 1 atom stereocenters. The first-order valence-corrected chi connectivity index (χ1v) is 11.3. The molecule has 0 aliphatic heterocycles. The first kappa shape index (κ1) is 23.2. The zero-order valence-electron chi connectivity index (χ0n) is 20.0. The average Bonchev–Trinajstić information content (AvgIpc) is 3.23. The van der Waals surface area contributed by atoms with Gasteiger partial charge in [-0.15, -0.1) is 0 Å². The monoisotopic (exact) mass is 460 g/mol. The van der Waals surface area contributed by atoms with Gasteiger partial charge in [0, 0.05) is 17.8 Å². The number of hydrogen-bond donors (Lipinski definition) is 0. The summed E-state index contributed by atoms with van der Waals surface area (Å²) in [4.78, 5) is 28.8. The molecule has 0 fully saturated rings. The van der Waals surface area contributed by atoms with Gasteiger partial charge in [0.25, 0.3) is 11.5 Å². The van der Waals surface area contributed by atoms with Crippen LogP contribution in [0.15, 0.2) is 57.8 Å². The predicted molar refractivity (Wildman–Crippen MR) is 131 cm³/mol. The van der Waals surface area contributed by atoms with Crippen LogP contribution < -0.4 is 15.2 Å². The maximum absolute atomic E-state index is 13.7. The van der Waals surface area contributed by atoms with Gasteiger partial charge in [-0.05, 0) is 69.2 Å². The van der Waals surface area contributed by atoms with Crippen LogP contribution in [0.5, 0.6) is 5.75 Å². The Labute approximate surface area is 197 Å². The minimum absolute atomic E-state index is 0.156. The lowest BCUT2D eigenvalue weighted by Crippen LogP contribution is -2.41. The molecule has 0 aliphatic rings. The molecule has 0 radical (unpaired) electrons. The van der Waals surface area contributed by atoms with Gasteiger partial charge in [-0.25, -0.2) is 4.68 Å². The Kier molecular flexibility index (Phi) is 6.49. The van der Waals surface area contributed by atoms with Gasteiger partial charge in [0.2, 0.25) is 0 Å². The number of amides is 1.